The second-order valence-electron chi connectivity index (χ2n) is 4.49. The standard InChI is InChI=1S/C12H17N5O/c1-8(2)6-17(7-11(15)18)12-9(4-13)3-10(14)5-16-12/h3,5,8H,6-7,14H2,1-2H3,(H2,15,18). The van der Waals surface area contributed by atoms with E-state index in [2.05, 4.69) is 4.98 Å². The minimum atomic E-state index is -0.460. The monoisotopic (exact) mass is 247 g/mol. The quantitative estimate of drug-likeness (QED) is 0.786. The van der Waals surface area contributed by atoms with Crippen molar-refractivity contribution >= 4 is 17.4 Å². The molecule has 0 unspecified atom stereocenters. The summed E-state index contributed by atoms with van der Waals surface area (Å²) < 4.78 is 0. The summed E-state index contributed by atoms with van der Waals surface area (Å²) in [4.78, 5) is 16.9. The minimum absolute atomic E-state index is 0.0315. The Morgan fingerprint density at radius 3 is 2.78 bits per heavy atom. The number of aromatic nitrogens is 1. The van der Waals surface area contributed by atoms with Gasteiger partial charge in [0.15, 0.2) is 0 Å². The van der Waals surface area contributed by atoms with Gasteiger partial charge in [0.05, 0.1) is 24.0 Å². The number of pyridine rings is 1. The van der Waals surface area contributed by atoms with Gasteiger partial charge in [-0.3, -0.25) is 4.79 Å². The highest BCUT2D eigenvalue weighted by molar-refractivity contribution is 5.79. The number of nitrogens with two attached hydrogens (primary N) is 2. The molecule has 18 heavy (non-hydrogen) atoms. The highest BCUT2D eigenvalue weighted by atomic mass is 16.1. The number of amides is 1. The Labute approximate surface area is 106 Å². The van der Waals surface area contributed by atoms with E-state index < -0.39 is 5.91 Å². The fourth-order valence-electron chi connectivity index (χ4n) is 1.66. The second-order valence-corrected chi connectivity index (χ2v) is 4.49. The van der Waals surface area contributed by atoms with Gasteiger partial charge in [-0.25, -0.2) is 4.98 Å². The first-order chi connectivity index (χ1) is 8.43. The van der Waals surface area contributed by atoms with Crippen molar-refractivity contribution in [1.29, 1.82) is 5.26 Å². The lowest BCUT2D eigenvalue weighted by atomic mass is 10.2. The molecule has 0 aliphatic heterocycles. The normalized spacial score (nSPS) is 10.1. The third-order valence-corrected chi connectivity index (χ3v) is 2.24. The van der Waals surface area contributed by atoms with Gasteiger partial charge >= 0.3 is 0 Å². The van der Waals surface area contributed by atoms with E-state index in [1.807, 2.05) is 19.9 Å². The molecule has 0 fully saturated rings. The van der Waals surface area contributed by atoms with E-state index in [-0.39, 0.29) is 6.54 Å². The van der Waals surface area contributed by atoms with Gasteiger partial charge < -0.3 is 16.4 Å². The Morgan fingerprint density at radius 1 is 1.61 bits per heavy atom. The maximum absolute atomic E-state index is 11.1. The van der Waals surface area contributed by atoms with Crippen LogP contribution in [-0.4, -0.2) is 24.0 Å². The minimum Gasteiger partial charge on any atom is -0.397 e. The van der Waals surface area contributed by atoms with Crippen molar-refractivity contribution in [2.45, 2.75) is 13.8 Å². The SMILES string of the molecule is CC(C)CN(CC(N)=O)c1ncc(N)cc1C#N. The summed E-state index contributed by atoms with van der Waals surface area (Å²) in [7, 11) is 0. The smallest absolute Gasteiger partial charge is 0.236 e. The number of rotatable bonds is 5. The molecule has 1 aromatic rings. The first-order valence-corrected chi connectivity index (χ1v) is 5.63. The van der Waals surface area contributed by atoms with Gasteiger partial charge in [0.1, 0.15) is 11.9 Å². The van der Waals surface area contributed by atoms with Crippen molar-refractivity contribution < 1.29 is 4.79 Å². The fraction of sp³-hybridized carbons (Fsp3) is 0.417. The number of primary amides is 1. The Morgan fingerprint density at radius 2 is 2.28 bits per heavy atom. The summed E-state index contributed by atoms with van der Waals surface area (Å²) in [5, 5.41) is 9.07. The van der Waals surface area contributed by atoms with Crippen LogP contribution >= 0.6 is 0 Å². The highest BCUT2D eigenvalue weighted by Crippen LogP contribution is 2.20. The van der Waals surface area contributed by atoms with E-state index in [4.69, 9.17) is 16.7 Å². The van der Waals surface area contributed by atoms with Gasteiger partial charge in [0.25, 0.3) is 0 Å². The van der Waals surface area contributed by atoms with Crippen LogP contribution in [0.15, 0.2) is 12.3 Å². The molecule has 0 saturated heterocycles. The molecule has 4 N–H and O–H groups in total. The van der Waals surface area contributed by atoms with Crippen LogP contribution in [-0.2, 0) is 4.79 Å². The Hall–Kier alpha value is -2.29. The molecule has 0 aliphatic carbocycles. The Balaban J connectivity index is 3.12. The van der Waals surface area contributed by atoms with Crippen LogP contribution in [0.5, 0.6) is 0 Å². The fourth-order valence-corrected chi connectivity index (χ4v) is 1.66. The Bertz CT molecular complexity index is 478. The van der Waals surface area contributed by atoms with Gasteiger partial charge in [-0.2, -0.15) is 5.26 Å². The van der Waals surface area contributed by atoms with Crippen LogP contribution in [0, 0.1) is 17.2 Å². The predicted octanol–water partition coefficient (Wildman–Crippen LogP) is 0.483. The topological polar surface area (TPSA) is 109 Å². The molecular formula is C12H17N5O. The molecule has 1 heterocycles. The molecule has 1 aromatic heterocycles. The maximum Gasteiger partial charge on any atom is 0.236 e. The molecule has 6 heteroatoms. The summed E-state index contributed by atoms with van der Waals surface area (Å²) >= 11 is 0. The van der Waals surface area contributed by atoms with Gasteiger partial charge in [0.2, 0.25) is 5.91 Å². The zero-order valence-electron chi connectivity index (χ0n) is 10.6. The van der Waals surface area contributed by atoms with Crippen LogP contribution < -0.4 is 16.4 Å². The number of nitrogen functional groups attached to an aromatic ring is 1. The van der Waals surface area contributed by atoms with Gasteiger partial charge in [-0.15, -0.1) is 0 Å². The lowest BCUT2D eigenvalue weighted by Crippen LogP contribution is -2.37. The van der Waals surface area contributed by atoms with E-state index in [0.717, 1.165) is 0 Å². The molecule has 6 nitrogen and oxygen atoms in total. The van der Waals surface area contributed by atoms with Crippen LogP contribution in [0.4, 0.5) is 11.5 Å². The average Bonchev–Trinajstić information content (AvgIpc) is 2.26. The largest absolute Gasteiger partial charge is 0.397 e. The third kappa shape index (κ3) is 3.63. The predicted molar refractivity (Wildman–Crippen MR) is 69.6 cm³/mol. The van der Waals surface area contributed by atoms with Gasteiger partial charge in [-0.1, -0.05) is 13.8 Å². The molecule has 1 amide bonds. The van der Waals surface area contributed by atoms with Crippen LogP contribution in [0.2, 0.25) is 0 Å². The van der Waals surface area contributed by atoms with Crippen LogP contribution in [0.3, 0.4) is 0 Å². The van der Waals surface area contributed by atoms with Gasteiger partial charge in [-0.05, 0) is 12.0 Å². The van der Waals surface area contributed by atoms with Crippen molar-refractivity contribution in [3.63, 3.8) is 0 Å². The number of carbonyl (C=O) groups excluding carboxylic acids is 1. The van der Waals surface area contributed by atoms with Crippen LogP contribution in [0.1, 0.15) is 19.4 Å². The average molecular weight is 247 g/mol. The first kappa shape index (κ1) is 13.8. The summed E-state index contributed by atoms with van der Waals surface area (Å²) in [5.41, 5.74) is 11.6. The zero-order chi connectivity index (χ0) is 13.7. The maximum atomic E-state index is 11.1. The first-order valence-electron chi connectivity index (χ1n) is 5.63. The summed E-state index contributed by atoms with van der Waals surface area (Å²) in [6.45, 7) is 4.65. The molecule has 0 aliphatic rings. The summed E-state index contributed by atoms with van der Waals surface area (Å²) in [5.74, 6) is 0.299. The number of carbonyl (C=O) groups is 1. The highest BCUT2D eigenvalue weighted by Gasteiger charge is 2.16. The van der Waals surface area contributed by atoms with Gasteiger partial charge in [0, 0.05) is 6.54 Å². The molecular weight excluding hydrogens is 230 g/mol. The molecule has 96 valence electrons. The van der Waals surface area contributed by atoms with E-state index >= 15 is 0 Å². The molecule has 1 rings (SSSR count). The van der Waals surface area contributed by atoms with E-state index in [9.17, 15) is 4.79 Å². The van der Waals surface area contributed by atoms with Crippen molar-refractivity contribution in [2.75, 3.05) is 23.7 Å². The molecule has 0 saturated carbocycles. The molecule has 0 aromatic carbocycles. The van der Waals surface area contributed by atoms with E-state index in [1.54, 1.807) is 4.90 Å². The number of hydrogen-bond donors (Lipinski definition) is 2. The van der Waals surface area contributed by atoms with Crippen LogP contribution in [0.25, 0.3) is 0 Å². The summed E-state index contributed by atoms with van der Waals surface area (Å²) in [6.07, 6.45) is 1.46. The van der Waals surface area contributed by atoms with Crippen molar-refractivity contribution in [1.82, 2.24) is 4.98 Å². The van der Waals surface area contributed by atoms with Crippen molar-refractivity contribution in [2.24, 2.45) is 11.7 Å². The number of nitrogens with zero attached hydrogens (tertiary/aromatic N) is 3. The zero-order valence-corrected chi connectivity index (χ0v) is 10.6. The third-order valence-electron chi connectivity index (χ3n) is 2.24. The number of anilines is 2. The lowest BCUT2D eigenvalue weighted by Gasteiger charge is -2.25. The lowest BCUT2D eigenvalue weighted by molar-refractivity contribution is -0.116. The van der Waals surface area contributed by atoms with Crippen molar-refractivity contribution in [3.05, 3.63) is 17.8 Å². The van der Waals surface area contributed by atoms with E-state index in [1.165, 1.54) is 12.3 Å². The number of nitriles is 1. The molecule has 0 atom stereocenters. The molecule has 0 spiro atoms. The second kappa shape index (κ2) is 5.87. The number of hydrogen-bond acceptors (Lipinski definition) is 5. The Kier molecular flexibility index (Phi) is 4.49. The summed E-state index contributed by atoms with van der Waals surface area (Å²) in [6, 6.07) is 3.57. The van der Waals surface area contributed by atoms with Crippen molar-refractivity contribution in [3.8, 4) is 6.07 Å². The molecule has 0 bridgehead atoms. The van der Waals surface area contributed by atoms with E-state index in [0.29, 0.717) is 29.5 Å². The molecule has 0 radical (unpaired) electrons.